The van der Waals surface area contributed by atoms with Crippen molar-refractivity contribution in [2.75, 3.05) is 33.0 Å². The standard InChI is InChI=1S/C7H8.C4H8O2.C2H6O.H2O/c1-7-5-3-2-4-6-7;1-2-6-4-3-5-1;1-2-3;/h2-6H,1H3;1-4H2;3H,2H2,1H3;1H2. The van der Waals surface area contributed by atoms with Gasteiger partial charge in [-0.2, -0.15) is 0 Å². The van der Waals surface area contributed by atoms with Crippen LogP contribution in [0, 0.1) is 6.92 Å². The third-order valence-corrected chi connectivity index (χ3v) is 1.68. The highest BCUT2D eigenvalue weighted by Crippen LogP contribution is 1.92. The van der Waals surface area contributed by atoms with Crippen LogP contribution in [0.2, 0.25) is 0 Å². The summed E-state index contributed by atoms with van der Waals surface area (Å²) in [6.45, 7) is 7.12. The Morgan fingerprint density at radius 2 is 1.35 bits per heavy atom. The Bertz CT molecular complexity index is 211. The Labute approximate surface area is 103 Å². The quantitative estimate of drug-likeness (QED) is 0.745. The molecule has 17 heavy (non-hydrogen) atoms. The number of hydrogen-bond acceptors (Lipinski definition) is 3. The summed E-state index contributed by atoms with van der Waals surface area (Å²) in [5.74, 6) is 0. The van der Waals surface area contributed by atoms with E-state index in [4.69, 9.17) is 14.6 Å². The van der Waals surface area contributed by atoms with E-state index >= 15 is 0 Å². The summed E-state index contributed by atoms with van der Waals surface area (Å²) in [5.41, 5.74) is 1.32. The summed E-state index contributed by atoms with van der Waals surface area (Å²) in [5, 5.41) is 7.57. The molecule has 1 fully saturated rings. The second kappa shape index (κ2) is 15.1. The maximum absolute atomic E-state index is 7.57. The highest BCUT2D eigenvalue weighted by atomic mass is 16.6. The number of aliphatic hydroxyl groups excluding tert-OH is 1. The fourth-order valence-electron chi connectivity index (χ4n) is 0.974. The van der Waals surface area contributed by atoms with Gasteiger partial charge in [-0.15, -0.1) is 0 Å². The molecule has 0 bridgehead atoms. The van der Waals surface area contributed by atoms with Crippen molar-refractivity contribution in [3.8, 4) is 0 Å². The molecular weight excluding hydrogens is 220 g/mol. The molecule has 1 aromatic carbocycles. The summed E-state index contributed by atoms with van der Waals surface area (Å²) in [6.07, 6.45) is 0. The van der Waals surface area contributed by atoms with E-state index in [1.807, 2.05) is 18.2 Å². The number of aryl methyl sites for hydroxylation is 1. The van der Waals surface area contributed by atoms with Crippen LogP contribution < -0.4 is 0 Å². The van der Waals surface area contributed by atoms with E-state index in [0.29, 0.717) is 0 Å². The van der Waals surface area contributed by atoms with Gasteiger partial charge in [-0.1, -0.05) is 35.9 Å². The van der Waals surface area contributed by atoms with Crippen molar-refractivity contribution in [1.29, 1.82) is 0 Å². The molecule has 1 aliphatic rings. The summed E-state index contributed by atoms with van der Waals surface area (Å²) in [7, 11) is 0. The molecule has 0 spiro atoms. The van der Waals surface area contributed by atoms with Crippen molar-refractivity contribution in [2.24, 2.45) is 0 Å². The minimum atomic E-state index is 0. The summed E-state index contributed by atoms with van der Waals surface area (Å²) in [6, 6.07) is 10.3. The average molecular weight is 244 g/mol. The Balaban J connectivity index is 0. The SMILES string of the molecule is C1COCCO1.CCO.Cc1ccccc1.O. The van der Waals surface area contributed by atoms with Gasteiger partial charge in [0.25, 0.3) is 0 Å². The molecule has 4 nitrogen and oxygen atoms in total. The van der Waals surface area contributed by atoms with E-state index in [1.165, 1.54) is 5.56 Å². The predicted octanol–water partition coefficient (Wildman–Crippen LogP) is 1.20. The zero-order chi connectivity index (χ0) is 12.1. The first-order chi connectivity index (χ1) is 7.81. The van der Waals surface area contributed by atoms with Crippen LogP contribution in [0.4, 0.5) is 0 Å². The zero-order valence-corrected chi connectivity index (χ0v) is 10.7. The Kier molecular flexibility index (Phi) is 16.3. The molecule has 0 radical (unpaired) electrons. The van der Waals surface area contributed by atoms with Crippen molar-refractivity contribution < 1.29 is 20.1 Å². The second-order valence-electron chi connectivity index (χ2n) is 3.20. The number of benzene rings is 1. The summed E-state index contributed by atoms with van der Waals surface area (Å²) in [4.78, 5) is 0. The summed E-state index contributed by atoms with van der Waals surface area (Å²) < 4.78 is 9.89. The van der Waals surface area contributed by atoms with Gasteiger partial charge in [0.1, 0.15) is 0 Å². The fraction of sp³-hybridized carbons (Fsp3) is 0.538. The molecule has 1 heterocycles. The van der Waals surface area contributed by atoms with Crippen molar-refractivity contribution >= 4 is 0 Å². The van der Waals surface area contributed by atoms with Crippen molar-refractivity contribution in [1.82, 2.24) is 0 Å². The van der Waals surface area contributed by atoms with Crippen LogP contribution in [0.5, 0.6) is 0 Å². The zero-order valence-electron chi connectivity index (χ0n) is 10.7. The van der Waals surface area contributed by atoms with Gasteiger partial charge in [-0.3, -0.25) is 0 Å². The van der Waals surface area contributed by atoms with Gasteiger partial charge in [0.05, 0.1) is 26.4 Å². The van der Waals surface area contributed by atoms with Gasteiger partial charge in [-0.05, 0) is 13.8 Å². The number of hydrogen-bond donors (Lipinski definition) is 1. The van der Waals surface area contributed by atoms with Gasteiger partial charge in [0.2, 0.25) is 0 Å². The molecule has 0 aromatic heterocycles. The molecule has 1 aliphatic heterocycles. The van der Waals surface area contributed by atoms with Crippen LogP contribution in [0.15, 0.2) is 30.3 Å². The first kappa shape index (κ1) is 18.4. The van der Waals surface area contributed by atoms with Crippen LogP contribution >= 0.6 is 0 Å². The molecule has 4 heteroatoms. The lowest BCUT2D eigenvalue weighted by molar-refractivity contribution is -0.0334. The molecule has 0 unspecified atom stereocenters. The average Bonchev–Trinajstić information content (AvgIpc) is 2.34. The highest BCUT2D eigenvalue weighted by Gasteiger charge is 1.94. The van der Waals surface area contributed by atoms with E-state index in [0.717, 1.165) is 26.4 Å². The van der Waals surface area contributed by atoms with Crippen molar-refractivity contribution in [3.63, 3.8) is 0 Å². The first-order valence-corrected chi connectivity index (χ1v) is 5.59. The van der Waals surface area contributed by atoms with E-state index in [-0.39, 0.29) is 12.1 Å². The van der Waals surface area contributed by atoms with E-state index in [9.17, 15) is 0 Å². The van der Waals surface area contributed by atoms with E-state index in [2.05, 4.69) is 19.1 Å². The number of ether oxygens (including phenoxy) is 2. The fourth-order valence-corrected chi connectivity index (χ4v) is 0.974. The normalized spacial score (nSPS) is 13.1. The van der Waals surface area contributed by atoms with Gasteiger partial charge in [0.15, 0.2) is 0 Å². The molecule has 100 valence electrons. The lowest BCUT2D eigenvalue weighted by Gasteiger charge is -2.09. The molecule has 0 atom stereocenters. The number of aliphatic hydroxyl groups is 1. The smallest absolute Gasteiger partial charge is 0.0701 e. The van der Waals surface area contributed by atoms with Crippen molar-refractivity contribution in [3.05, 3.63) is 35.9 Å². The molecule has 0 amide bonds. The highest BCUT2D eigenvalue weighted by molar-refractivity contribution is 5.11. The maximum Gasteiger partial charge on any atom is 0.0701 e. The molecule has 0 aliphatic carbocycles. The van der Waals surface area contributed by atoms with Crippen LogP contribution in [0.25, 0.3) is 0 Å². The van der Waals surface area contributed by atoms with E-state index in [1.54, 1.807) is 6.92 Å². The maximum atomic E-state index is 7.57. The molecule has 3 N–H and O–H groups in total. The van der Waals surface area contributed by atoms with Crippen LogP contribution in [0.3, 0.4) is 0 Å². The Hall–Kier alpha value is -0.940. The van der Waals surface area contributed by atoms with Gasteiger partial charge < -0.3 is 20.1 Å². The number of rotatable bonds is 0. The van der Waals surface area contributed by atoms with Gasteiger partial charge in [0, 0.05) is 6.61 Å². The van der Waals surface area contributed by atoms with Crippen LogP contribution in [-0.2, 0) is 9.47 Å². The third-order valence-electron chi connectivity index (χ3n) is 1.68. The monoisotopic (exact) mass is 244 g/mol. The largest absolute Gasteiger partial charge is 0.412 e. The Morgan fingerprint density at radius 1 is 1.00 bits per heavy atom. The second-order valence-corrected chi connectivity index (χ2v) is 3.20. The molecule has 1 aromatic rings. The first-order valence-electron chi connectivity index (χ1n) is 5.59. The van der Waals surface area contributed by atoms with Crippen LogP contribution in [0.1, 0.15) is 12.5 Å². The molecule has 0 saturated carbocycles. The van der Waals surface area contributed by atoms with Gasteiger partial charge >= 0.3 is 0 Å². The Morgan fingerprint density at radius 3 is 1.53 bits per heavy atom. The van der Waals surface area contributed by atoms with Crippen molar-refractivity contribution in [2.45, 2.75) is 13.8 Å². The molecule has 2 rings (SSSR count). The minimum Gasteiger partial charge on any atom is -0.412 e. The lowest BCUT2D eigenvalue weighted by Crippen LogP contribution is -2.16. The summed E-state index contributed by atoms with van der Waals surface area (Å²) >= 11 is 0. The van der Waals surface area contributed by atoms with Crippen LogP contribution in [-0.4, -0.2) is 43.6 Å². The third kappa shape index (κ3) is 15.1. The molecule has 1 saturated heterocycles. The lowest BCUT2D eigenvalue weighted by atomic mass is 10.2. The minimum absolute atomic E-state index is 0. The van der Waals surface area contributed by atoms with Gasteiger partial charge in [-0.25, -0.2) is 0 Å². The predicted molar refractivity (Wildman–Crippen MR) is 69.2 cm³/mol. The molecular formula is C13H24O4. The van der Waals surface area contributed by atoms with E-state index < -0.39 is 0 Å². The topological polar surface area (TPSA) is 70.2 Å².